The van der Waals surface area contributed by atoms with E-state index in [9.17, 15) is 4.79 Å². The number of carbonyl (C=O) groups excluding carboxylic acids is 1. The Morgan fingerprint density at radius 2 is 2.00 bits per heavy atom. The van der Waals surface area contributed by atoms with Crippen LogP contribution in [0.1, 0.15) is 54.6 Å². The number of rotatable bonds is 2. The van der Waals surface area contributed by atoms with E-state index in [1.807, 2.05) is 13.0 Å². The third-order valence-corrected chi connectivity index (χ3v) is 4.72. The van der Waals surface area contributed by atoms with E-state index in [1.54, 1.807) is 6.07 Å². The monoisotopic (exact) mass is 273 g/mol. The molecule has 4 nitrogen and oxygen atoms in total. The quantitative estimate of drug-likeness (QED) is 0.901. The maximum atomic E-state index is 12.8. The summed E-state index contributed by atoms with van der Waals surface area (Å²) in [6, 6.07) is 4.00. The van der Waals surface area contributed by atoms with Gasteiger partial charge in [-0.1, -0.05) is 12.8 Å². The fourth-order valence-corrected chi connectivity index (χ4v) is 3.86. The number of pyridine rings is 1. The highest BCUT2D eigenvalue weighted by Gasteiger charge is 2.36. The molecule has 2 heterocycles. The van der Waals surface area contributed by atoms with Crippen molar-refractivity contribution in [1.82, 2.24) is 9.88 Å². The Morgan fingerprint density at radius 3 is 2.70 bits per heavy atom. The Labute approximate surface area is 120 Å². The second kappa shape index (κ2) is 5.43. The van der Waals surface area contributed by atoms with Gasteiger partial charge in [0, 0.05) is 23.8 Å². The molecule has 0 bridgehead atoms. The third kappa shape index (κ3) is 2.51. The van der Waals surface area contributed by atoms with Crippen molar-refractivity contribution in [2.45, 2.75) is 51.5 Å². The van der Waals surface area contributed by atoms with E-state index in [4.69, 9.17) is 5.73 Å². The lowest BCUT2D eigenvalue weighted by Gasteiger charge is -2.29. The average molecular weight is 273 g/mol. The molecule has 2 fully saturated rings. The molecule has 0 spiro atoms. The van der Waals surface area contributed by atoms with Crippen LogP contribution in [0.25, 0.3) is 0 Å². The van der Waals surface area contributed by atoms with Gasteiger partial charge in [0.2, 0.25) is 0 Å². The highest BCUT2D eigenvalue weighted by atomic mass is 16.2. The number of anilines is 1. The summed E-state index contributed by atoms with van der Waals surface area (Å²) >= 11 is 0. The summed E-state index contributed by atoms with van der Waals surface area (Å²) in [4.78, 5) is 19.0. The predicted octanol–water partition coefficient (Wildman–Crippen LogP) is 2.77. The predicted molar refractivity (Wildman–Crippen MR) is 79.4 cm³/mol. The highest BCUT2D eigenvalue weighted by molar-refractivity contribution is 5.95. The molecular weight excluding hydrogens is 250 g/mol. The summed E-state index contributed by atoms with van der Waals surface area (Å²) in [6.45, 7) is 2.77. The number of nitrogen functional groups attached to an aromatic ring is 1. The standard InChI is InChI=1S/C16H23N3O/c1-11-9-13(10-15(17)18-11)16(20)19-8-4-7-14(19)12-5-2-3-6-12/h9-10,12,14H,2-8H2,1H3,(H2,17,18). The Hall–Kier alpha value is -1.58. The fraction of sp³-hybridized carbons (Fsp3) is 0.625. The minimum atomic E-state index is 0.136. The number of hydrogen-bond acceptors (Lipinski definition) is 3. The van der Waals surface area contributed by atoms with Crippen LogP contribution < -0.4 is 5.73 Å². The molecule has 20 heavy (non-hydrogen) atoms. The summed E-state index contributed by atoms with van der Waals surface area (Å²) in [7, 11) is 0. The van der Waals surface area contributed by atoms with E-state index in [0.717, 1.165) is 25.1 Å². The first-order chi connectivity index (χ1) is 9.65. The number of carbonyl (C=O) groups is 1. The van der Waals surface area contributed by atoms with E-state index in [2.05, 4.69) is 9.88 Å². The maximum absolute atomic E-state index is 12.8. The molecule has 1 saturated heterocycles. The largest absolute Gasteiger partial charge is 0.384 e. The van der Waals surface area contributed by atoms with Crippen molar-refractivity contribution >= 4 is 11.7 Å². The SMILES string of the molecule is Cc1cc(C(=O)N2CCCC2C2CCCC2)cc(N)n1. The number of likely N-dealkylation sites (tertiary alicyclic amines) is 1. The second-order valence-electron chi connectivity index (χ2n) is 6.17. The minimum Gasteiger partial charge on any atom is -0.384 e. The van der Waals surface area contributed by atoms with Crippen molar-refractivity contribution in [3.8, 4) is 0 Å². The molecule has 1 saturated carbocycles. The number of nitrogens with zero attached hydrogens (tertiary/aromatic N) is 2. The molecule has 4 heteroatoms. The van der Waals surface area contributed by atoms with Gasteiger partial charge >= 0.3 is 0 Å². The van der Waals surface area contributed by atoms with E-state index in [0.29, 0.717) is 23.3 Å². The van der Waals surface area contributed by atoms with Crippen molar-refractivity contribution in [1.29, 1.82) is 0 Å². The van der Waals surface area contributed by atoms with Crippen molar-refractivity contribution in [2.24, 2.45) is 5.92 Å². The Kier molecular flexibility index (Phi) is 3.64. The third-order valence-electron chi connectivity index (χ3n) is 4.72. The smallest absolute Gasteiger partial charge is 0.254 e. The van der Waals surface area contributed by atoms with Gasteiger partial charge in [0.1, 0.15) is 5.82 Å². The van der Waals surface area contributed by atoms with Crippen molar-refractivity contribution in [3.63, 3.8) is 0 Å². The van der Waals surface area contributed by atoms with Crippen LogP contribution in [0, 0.1) is 12.8 Å². The first kappa shape index (κ1) is 13.4. The van der Waals surface area contributed by atoms with Crippen LogP contribution in [-0.2, 0) is 0 Å². The van der Waals surface area contributed by atoms with E-state index in [1.165, 1.54) is 25.7 Å². The Morgan fingerprint density at radius 1 is 1.25 bits per heavy atom. The lowest BCUT2D eigenvalue weighted by atomic mass is 9.95. The lowest BCUT2D eigenvalue weighted by Crippen LogP contribution is -2.39. The van der Waals surface area contributed by atoms with Gasteiger partial charge in [0.05, 0.1) is 0 Å². The van der Waals surface area contributed by atoms with Crippen molar-refractivity contribution in [3.05, 3.63) is 23.4 Å². The topological polar surface area (TPSA) is 59.2 Å². The van der Waals surface area contributed by atoms with Gasteiger partial charge in [-0.05, 0) is 50.7 Å². The van der Waals surface area contributed by atoms with E-state index in [-0.39, 0.29) is 5.91 Å². The van der Waals surface area contributed by atoms with Gasteiger partial charge in [0.15, 0.2) is 0 Å². The molecule has 3 rings (SSSR count). The van der Waals surface area contributed by atoms with Crippen LogP contribution in [0.3, 0.4) is 0 Å². The fourth-order valence-electron chi connectivity index (χ4n) is 3.86. The van der Waals surface area contributed by atoms with Gasteiger partial charge in [-0.2, -0.15) is 0 Å². The highest BCUT2D eigenvalue weighted by Crippen LogP contribution is 2.36. The van der Waals surface area contributed by atoms with E-state index >= 15 is 0 Å². The van der Waals surface area contributed by atoms with Crippen LogP contribution in [0.5, 0.6) is 0 Å². The molecular formula is C16H23N3O. The van der Waals surface area contributed by atoms with Crippen molar-refractivity contribution in [2.75, 3.05) is 12.3 Å². The van der Waals surface area contributed by atoms with Crippen LogP contribution in [-0.4, -0.2) is 28.4 Å². The molecule has 1 unspecified atom stereocenters. The lowest BCUT2D eigenvalue weighted by molar-refractivity contribution is 0.0689. The summed E-state index contributed by atoms with van der Waals surface area (Å²) in [5, 5.41) is 0. The van der Waals surface area contributed by atoms with Gasteiger partial charge in [-0.25, -0.2) is 4.98 Å². The van der Waals surface area contributed by atoms with Crippen LogP contribution in [0.4, 0.5) is 5.82 Å². The zero-order valence-electron chi connectivity index (χ0n) is 12.1. The Bertz CT molecular complexity index is 488. The maximum Gasteiger partial charge on any atom is 0.254 e. The first-order valence-corrected chi connectivity index (χ1v) is 7.70. The molecule has 1 amide bonds. The number of nitrogens with two attached hydrogens (primary N) is 1. The normalized spacial score (nSPS) is 23.4. The summed E-state index contributed by atoms with van der Waals surface area (Å²) in [5.74, 6) is 1.28. The van der Waals surface area contributed by atoms with Gasteiger partial charge < -0.3 is 10.6 Å². The summed E-state index contributed by atoms with van der Waals surface area (Å²) in [6.07, 6.45) is 7.51. The summed E-state index contributed by atoms with van der Waals surface area (Å²) in [5.41, 5.74) is 7.28. The zero-order chi connectivity index (χ0) is 14.1. The molecule has 1 aliphatic heterocycles. The van der Waals surface area contributed by atoms with Gasteiger partial charge in [-0.3, -0.25) is 4.79 Å². The summed E-state index contributed by atoms with van der Waals surface area (Å²) < 4.78 is 0. The van der Waals surface area contributed by atoms with Crippen molar-refractivity contribution < 1.29 is 4.79 Å². The molecule has 1 aromatic heterocycles. The van der Waals surface area contributed by atoms with Crippen LogP contribution in [0.15, 0.2) is 12.1 Å². The minimum absolute atomic E-state index is 0.136. The Balaban J connectivity index is 1.81. The number of aryl methyl sites for hydroxylation is 1. The van der Waals surface area contributed by atoms with Crippen LogP contribution >= 0.6 is 0 Å². The average Bonchev–Trinajstić information content (AvgIpc) is 3.07. The number of aromatic nitrogens is 1. The number of amides is 1. The molecule has 0 radical (unpaired) electrons. The molecule has 108 valence electrons. The molecule has 0 aromatic carbocycles. The van der Waals surface area contributed by atoms with Gasteiger partial charge in [-0.15, -0.1) is 0 Å². The first-order valence-electron chi connectivity index (χ1n) is 7.70. The number of hydrogen-bond donors (Lipinski definition) is 1. The molecule has 1 aliphatic carbocycles. The van der Waals surface area contributed by atoms with Crippen LogP contribution in [0.2, 0.25) is 0 Å². The molecule has 1 atom stereocenters. The molecule has 2 N–H and O–H groups in total. The zero-order valence-corrected chi connectivity index (χ0v) is 12.1. The molecule has 2 aliphatic rings. The second-order valence-corrected chi connectivity index (χ2v) is 6.17. The van der Waals surface area contributed by atoms with Gasteiger partial charge in [0.25, 0.3) is 5.91 Å². The molecule has 1 aromatic rings. The van der Waals surface area contributed by atoms with E-state index < -0.39 is 0 Å².